The summed E-state index contributed by atoms with van der Waals surface area (Å²) >= 11 is 0. The van der Waals surface area contributed by atoms with E-state index in [2.05, 4.69) is 5.73 Å². The summed E-state index contributed by atoms with van der Waals surface area (Å²) in [5.74, 6) is -3.48. The summed E-state index contributed by atoms with van der Waals surface area (Å²) < 4.78 is 0. The summed E-state index contributed by atoms with van der Waals surface area (Å²) in [6.07, 6.45) is 1.07. The lowest BCUT2D eigenvalue weighted by atomic mass is 10.1. The molecule has 0 aliphatic rings. The zero-order chi connectivity index (χ0) is 8.91. The van der Waals surface area contributed by atoms with Crippen LogP contribution in [0.1, 0.15) is 19.3 Å². The van der Waals surface area contributed by atoms with E-state index in [4.69, 9.17) is 15.9 Å². The fourth-order valence-electron chi connectivity index (χ4n) is 0.639. The molecule has 0 saturated heterocycles. The van der Waals surface area contributed by atoms with Gasteiger partial charge in [0.05, 0.1) is 0 Å². The first-order chi connectivity index (χ1) is 5.00. The number of carbonyl (C=O) groups is 1. The monoisotopic (exact) mass is 162 g/mol. The van der Waals surface area contributed by atoms with Crippen molar-refractivity contribution in [1.82, 2.24) is 0 Å². The molecular weight excluding hydrogens is 148 g/mol. The number of primary amides is 1. The van der Waals surface area contributed by atoms with Crippen molar-refractivity contribution in [2.75, 3.05) is 6.54 Å². The van der Waals surface area contributed by atoms with Gasteiger partial charge in [-0.05, 0) is 19.4 Å². The number of rotatable bonds is 5. The predicted molar refractivity (Wildman–Crippen MR) is 39.3 cm³/mol. The van der Waals surface area contributed by atoms with Gasteiger partial charge in [0.2, 0.25) is 5.79 Å². The number of aliphatic hydroxyl groups is 2. The Bertz CT molecular complexity index is 136. The first-order valence-electron chi connectivity index (χ1n) is 3.45. The van der Waals surface area contributed by atoms with Crippen LogP contribution in [0.2, 0.25) is 0 Å². The molecule has 0 radical (unpaired) electrons. The molecule has 0 aliphatic carbocycles. The Kier molecular flexibility index (Phi) is 4.02. The average molecular weight is 162 g/mol. The summed E-state index contributed by atoms with van der Waals surface area (Å²) in [5.41, 5.74) is 9.84. The molecule has 0 unspecified atom stereocenters. The van der Waals surface area contributed by atoms with Gasteiger partial charge in [0.25, 0.3) is 5.91 Å². The van der Waals surface area contributed by atoms with Crippen LogP contribution in [0.25, 0.3) is 0 Å². The van der Waals surface area contributed by atoms with Gasteiger partial charge in [0.1, 0.15) is 0 Å². The van der Waals surface area contributed by atoms with Gasteiger partial charge >= 0.3 is 0 Å². The van der Waals surface area contributed by atoms with Gasteiger partial charge in [-0.15, -0.1) is 0 Å². The van der Waals surface area contributed by atoms with Crippen LogP contribution in [0.3, 0.4) is 0 Å². The van der Waals surface area contributed by atoms with Crippen LogP contribution < -0.4 is 11.5 Å². The van der Waals surface area contributed by atoms with Gasteiger partial charge in [0.15, 0.2) is 0 Å². The molecule has 0 bridgehead atoms. The number of hydrogen-bond donors (Lipinski definition) is 4. The molecule has 66 valence electrons. The van der Waals surface area contributed by atoms with Crippen molar-refractivity contribution in [3.63, 3.8) is 0 Å². The summed E-state index contributed by atoms with van der Waals surface area (Å²) in [6, 6.07) is 0. The predicted octanol–water partition coefficient (Wildman–Crippen LogP) is -1.72. The topological polar surface area (TPSA) is 110 Å². The van der Waals surface area contributed by atoms with Crippen molar-refractivity contribution < 1.29 is 15.0 Å². The second kappa shape index (κ2) is 4.27. The van der Waals surface area contributed by atoms with E-state index in [9.17, 15) is 4.79 Å². The Morgan fingerprint density at radius 1 is 1.36 bits per heavy atom. The molecule has 0 rings (SSSR count). The molecule has 5 heteroatoms. The van der Waals surface area contributed by atoms with Gasteiger partial charge in [-0.25, -0.2) is 0 Å². The SMILES string of the molecule is NCCCCC(O)(O)C(N)=O. The summed E-state index contributed by atoms with van der Waals surface area (Å²) in [6.45, 7) is 0.467. The molecule has 0 heterocycles. The van der Waals surface area contributed by atoms with Gasteiger partial charge in [-0.1, -0.05) is 0 Å². The third kappa shape index (κ3) is 3.92. The van der Waals surface area contributed by atoms with Crippen LogP contribution in [0.5, 0.6) is 0 Å². The largest absolute Gasteiger partial charge is 0.365 e. The zero-order valence-corrected chi connectivity index (χ0v) is 6.29. The minimum atomic E-state index is -2.37. The third-order valence-electron chi connectivity index (χ3n) is 1.37. The van der Waals surface area contributed by atoms with Crippen molar-refractivity contribution in [3.8, 4) is 0 Å². The van der Waals surface area contributed by atoms with Crippen molar-refractivity contribution in [2.24, 2.45) is 11.5 Å². The van der Waals surface area contributed by atoms with Gasteiger partial charge in [0, 0.05) is 6.42 Å². The molecule has 0 spiro atoms. The van der Waals surface area contributed by atoms with Crippen molar-refractivity contribution >= 4 is 5.91 Å². The number of unbranched alkanes of at least 4 members (excludes halogenated alkanes) is 1. The molecule has 0 aliphatic heterocycles. The van der Waals surface area contributed by atoms with Crippen molar-refractivity contribution in [1.29, 1.82) is 0 Å². The maximum Gasteiger partial charge on any atom is 0.277 e. The molecule has 11 heavy (non-hydrogen) atoms. The highest BCUT2D eigenvalue weighted by molar-refractivity contribution is 5.81. The fourth-order valence-corrected chi connectivity index (χ4v) is 0.639. The van der Waals surface area contributed by atoms with Gasteiger partial charge in [-0.3, -0.25) is 4.79 Å². The highest BCUT2D eigenvalue weighted by Gasteiger charge is 2.29. The summed E-state index contributed by atoms with van der Waals surface area (Å²) in [5, 5.41) is 17.7. The quantitative estimate of drug-likeness (QED) is 0.285. The third-order valence-corrected chi connectivity index (χ3v) is 1.37. The highest BCUT2D eigenvalue weighted by Crippen LogP contribution is 2.08. The van der Waals surface area contributed by atoms with Crippen LogP contribution in [0.15, 0.2) is 0 Å². The first kappa shape index (κ1) is 10.3. The van der Waals surface area contributed by atoms with E-state index in [1.807, 2.05) is 0 Å². The highest BCUT2D eigenvalue weighted by atomic mass is 16.5. The molecule has 5 nitrogen and oxygen atoms in total. The summed E-state index contributed by atoms with van der Waals surface area (Å²) in [7, 11) is 0. The zero-order valence-electron chi connectivity index (χ0n) is 6.29. The number of nitrogens with two attached hydrogens (primary N) is 2. The van der Waals surface area contributed by atoms with Crippen molar-refractivity contribution in [3.05, 3.63) is 0 Å². The first-order valence-corrected chi connectivity index (χ1v) is 3.45. The van der Waals surface area contributed by atoms with Gasteiger partial charge < -0.3 is 21.7 Å². The molecule has 0 aromatic carbocycles. The molecule has 6 N–H and O–H groups in total. The molecule has 0 atom stereocenters. The van der Waals surface area contributed by atoms with Crippen LogP contribution in [-0.4, -0.2) is 28.5 Å². The van der Waals surface area contributed by atoms with Crippen LogP contribution in [-0.2, 0) is 4.79 Å². The molecule has 0 saturated carbocycles. The van der Waals surface area contributed by atoms with E-state index in [-0.39, 0.29) is 6.42 Å². The van der Waals surface area contributed by atoms with Crippen LogP contribution in [0.4, 0.5) is 0 Å². The maximum atomic E-state index is 10.3. The second-order valence-electron chi connectivity index (χ2n) is 2.43. The van der Waals surface area contributed by atoms with E-state index in [1.165, 1.54) is 0 Å². The Hall–Kier alpha value is -0.650. The fraction of sp³-hybridized carbons (Fsp3) is 0.833. The van der Waals surface area contributed by atoms with E-state index in [1.54, 1.807) is 0 Å². The molecule has 0 aromatic heterocycles. The van der Waals surface area contributed by atoms with Gasteiger partial charge in [-0.2, -0.15) is 0 Å². The Labute approximate surface area is 65.0 Å². The minimum absolute atomic E-state index is 0.0560. The summed E-state index contributed by atoms with van der Waals surface area (Å²) in [4.78, 5) is 10.3. The number of carbonyl (C=O) groups excluding carboxylic acids is 1. The standard InChI is InChI=1S/C6H14N2O3/c7-4-2-1-3-6(10,11)5(8)9/h10-11H,1-4,7H2,(H2,8,9). The van der Waals surface area contributed by atoms with E-state index >= 15 is 0 Å². The average Bonchev–Trinajstić information content (AvgIpc) is 1.88. The molecule has 0 aromatic rings. The van der Waals surface area contributed by atoms with E-state index in [0.29, 0.717) is 19.4 Å². The Morgan fingerprint density at radius 3 is 2.27 bits per heavy atom. The minimum Gasteiger partial charge on any atom is -0.365 e. The lowest BCUT2D eigenvalue weighted by Crippen LogP contribution is -2.43. The lowest BCUT2D eigenvalue weighted by Gasteiger charge is -2.16. The van der Waals surface area contributed by atoms with E-state index < -0.39 is 11.7 Å². The van der Waals surface area contributed by atoms with Crippen LogP contribution >= 0.6 is 0 Å². The maximum absolute atomic E-state index is 10.3. The Balaban J connectivity index is 3.64. The number of hydrogen-bond acceptors (Lipinski definition) is 4. The molecule has 1 amide bonds. The van der Waals surface area contributed by atoms with Crippen LogP contribution in [0, 0.1) is 0 Å². The number of amides is 1. The lowest BCUT2D eigenvalue weighted by molar-refractivity contribution is -0.184. The molecule has 0 fully saturated rings. The van der Waals surface area contributed by atoms with Crippen molar-refractivity contribution in [2.45, 2.75) is 25.0 Å². The normalized spacial score (nSPS) is 11.5. The van der Waals surface area contributed by atoms with E-state index in [0.717, 1.165) is 0 Å². The Morgan fingerprint density at radius 2 is 1.91 bits per heavy atom. The smallest absolute Gasteiger partial charge is 0.277 e. The molecular formula is C6H14N2O3. The second-order valence-corrected chi connectivity index (χ2v) is 2.43.